The minimum Gasteiger partial charge on any atom is -0.359 e. The number of rotatable bonds is 3. The van der Waals surface area contributed by atoms with Gasteiger partial charge in [-0.25, -0.2) is 4.79 Å². The van der Waals surface area contributed by atoms with Crippen molar-refractivity contribution in [1.29, 1.82) is 0 Å². The van der Waals surface area contributed by atoms with Crippen molar-refractivity contribution in [2.45, 2.75) is 13.8 Å². The Morgan fingerprint density at radius 3 is 2.64 bits per heavy atom. The van der Waals surface area contributed by atoms with E-state index in [1.54, 1.807) is 0 Å². The van der Waals surface area contributed by atoms with Gasteiger partial charge in [0.1, 0.15) is 0 Å². The highest BCUT2D eigenvalue weighted by atomic mass is 16.2. The fraction of sp³-hybridized carbons (Fsp3) is 0.263. The van der Waals surface area contributed by atoms with Crippen LogP contribution in [0.3, 0.4) is 0 Å². The van der Waals surface area contributed by atoms with E-state index < -0.39 is 0 Å². The zero-order chi connectivity index (χ0) is 17.8. The summed E-state index contributed by atoms with van der Waals surface area (Å²) in [6.07, 6.45) is 0. The molecule has 1 fully saturated rings. The summed E-state index contributed by atoms with van der Waals surface area (Å²) in [4.78, 5) is 25.9. The molecule has 0 aliphatic carbocycles. The minimum atomic E-state index is -0.308. The zero-order valence-electron chi connectivity index (χ0n) is 14.4. The number of benzene rings is 2. The van der Waals surface area contributed by atoms with Crippen LogP contribution in [0, 0.1) is 13.8 Å². The molecule has 0 bridgehead atoms. The Morgan fingerprint density at radius 2 is 1.88 bits per heavy atom. The Labute approximate surface area is 147 Å². The number of hydrogen-bond acceptors (Lipinski definition) is 3. The lowest BCUT2D eigenvalue weighted by atomic mass is 10.1. The Hall–Kier alpha value is -3.02. The number of anilines is 3. The molecular formula is C19H22N4O2. The van der Waals surface area contributed by atoms with Gasteiger partial charge in [0, 0.05) is 18.8 Å². The van der Waals surface area contributed by atoms with Gasteiger partial charge in [-0.05, 0) is 49.2 Å². The lowest BCUT2D eigenvalue weighted by molar-refractivity contribution is -0.120. The molecule has 3 amide bonds. The van der Waals surface area contributed by atoms with E-state index in [-0.39, 0.29) is 18.5 Å². The summed E-state index contributed by atoms with van der Waals surface area (Å²) in [6.45, 7) is 5.64. The van der Waals surface area contributed by atoms with Gasteiger partial charge in [-0.3, -0.25) is 4.79 Å². The van der Waals surface area contributed by atoms with Crippen LogP contribution in [0.25, 0.3) is 0 Å². The van der Waals surface area contributed by atoms with Crippen molar-refractivity contribution >= 4 is 29.0 Å². The molecule has 0 aromatic heterocycles. The van der Waals surface area contributed by atoms with Crippen molar-refractivity contribution in [2.24, 2.45) is 0 Å². The molecule has 0 saturated carbocycles. The third kappa shape index (κ3) is 4.09. The summed E-state index contributed by atoms with van der Waals surface area (Å²) in [6, 6.07) is 13.0. The molecule has 130 valence electrons. The van der Waals surface area contributed by atoms with Crippen LogP contribution in [-0.2, 0) is 4.79 Å². The quantitative estimate of drug-likeness (QED) is 0.806. The van der Waals surface area contributed by atoms with E-state index >= 15 is 0 Å². The average molecular weight is 338 g/mol. The smallest absolute Gasteiger partial charge is 0.323 e. The molecule has 2 aromatic rings. The summed E-state index contributed by atoms with van der Waals surface area (Å²) in [5.74, 6) is -0.0133. The molecule has 6 nitrogen and oxygen atoms in total. The molecule has 0 atom stereocenters. The Morgan fingerprint density at radius 1 is 1.08 bits per heavy atom. The van der Waals surface area contributed by atoms with E-state index in [1.165, 1.54) is 5.56 Å². The first kappa shape index (κ1) is 16.8. The van der Waals surface area contributed by atoms with Crippen molar-refractivity contribution in [1.82, 2.24) is 5.32 Å². The van der Waals surface area contributed by atoms with Crippen molar-refractivity contribution in [3.05, 3.63) is 53.6 Å². The molecular weight excluding hydrogens is 316 g/mol. The standard InChI is InChI=1S/C19H22N4O2/c1-13-7-8-15(11-14(13)2)21-19(25)22-16-5-3-4-6-17(16)23-10-9-20-18(24)12-23/h3-8,11H,9-10,12H2,1-2H3,(H,20,24)(H2,21,22,25). The highest BCUT2D eigenvalue weighted by Crippen LogP contribution is 2.26. The first-order valence-corrected chi connectivity index (χ1v) is 8.29. The van der Waals surface area contributed by atoms with Gasteiger partial charge in [-0.2, -0.15) is 0 Å². The van der Waals surface area contributed by atoms with Gasteiger partial charge >= 0.3 is 6.03 Å². The highest BCUT2D eigenvalue weighted by Gasteiger charge is 2.19. The molecule has 1 aliphatic heterocycles. The fourth-order valence-electron chi connectivity index (χ4n) is 2.80. The number of aryl methyl sites for hydroxylation is 2. The normalized spacial score (nSPS) is 14.0. The second-order valence-electron chi connectivity index (χ2n) is 6.17. The Kier molecular flexibility index (Phi) is 4.88. The van der Waals surface area contributed by atoms with E-state index in [9.17, 15) is 9.59 Å². The molecule has 0 spiro atoms. The maximum absolute atomic E-state index is 12.4. The number of nitrogens with zero attached hydrogens (tertiary/aromatic N) is 1. The van der Waals surface area contributed by atoms with Gasteiger partial charge in [0.05, 0.1) is 17.9 Å². The van der Waals surface area contributed by atoms with E-state index in [0.29, 0.717) is 18.8 Å². The van der Waals surface area contributed by atoms with Crippen LogP contribution in [-0.4, -0.2) is 31.6 Å². The number of piperazine rings is 1. The van der Waals surface area contributed by atoms with Gasteiger partial charge in [0.2, 0.25) is 5.91 Å². The van der Waals surface area contributed by atoms with E-state index in [0.717, 1.165) is 16.9 Å². The predicted octanol–water partition coefficient (Wildman–Crippen LogP) is 2.88. The van der Waals surface area contributed by atoms with E-state index in [1.807, 2.05) is 61.2 Å². The molecule has 6 heteroatoms. The van der Waals surface area contributed by atoms with Crippen LogP contribution in [0.1, 0.15) is 11.1 Å². The third-order valence-corrected chi connectivity index (χ3v) is 4.30. The number of hydrogen-bond donors (Lipinski definition) is 3. The molecule has 1 heterocycles. The first-order valence-electron chi connectivity index (χ1n) is 8.29. The Bertz CT molecular complexity index is 804. The average Bonchev–Trinajstić information content (AvgIpc) is 2.58. The lowest BCUT2D eigenvalue weighted by Crippen LogP contribution is -2.48. The van der Waals surface area contributed by atoms with Crippen LogP contribution >= 0.6 is 0 Å². The number of urea groups is 1. The molecule has 1 aliphatic rings. The molecule has 2 aromatic carbocycles. The molecule has 25 heavy (non-hydrogen) atoms. The third-order valence-electron chi connectivity index (χ3n) is 4.30. The summed E-state index contributed by atoms with van der Waals surface area (Å²) in [5.41, 5.74) is 4.57. The summed E-state index contributed by atoms with van der Waals surface area (Å²) >= 11 is 0. The van der Waals surface area contributed by atoms with Crippen LogP contribution in [0.4, 0.5) is 21.9 Å². The van der Waals surface area contributed by atoms with Crippen molar-refractivity contribution in [2.75, 3.05) is 35.2 Å². The number of para-hydroxylation sites is 2. The van der Waals surface area contributed by atoms with Crippen molar-refractivity contribution < 1.29 is 9.59 Å². The summed E-state index contributed by atoms with van der Waals surface area (Å²) in [5, 5.41) is 8.54. The second kappa shape index (κ2) is 7.25. The first-order chi connectivity index (χ1) is 12.0. The summed E-state index contributed by atoms with van der Waals surface area (Å²) in [7, 11) is 0. The Balaban J connectivity index is 1.72. The molecule has 3 N–H and O–H groups in total. The maximum Gasteiger partial charge on any atom is 0.323 e. The number of nitrogens with one attached hydrogen (secondary N) is 3. The van der Waals surface area contributed by atoms with Gasteiger partial charge < -0.3 is 20.9 Å². The highest BCUT2D eigenvalue weighted by molar-refractivity contribution is 6.02. The molecule has 0 unspecified atom stereocenters. The maximum atomic E-state index is 12.4. The second-order valence-corrected chi connectivity index (χ2v) is 6.17. The van der Waals surface area contributed by atoms with E-state index in [2.05, 4.69) is 16.0 Å². The zero-order valence-corrected chi connectivity index (χ0v) is 14.4. The van der Waals surface area contributed by atoms with Crippen molar-refractivity contribution in [3.8, 4) is 0 Å². The van der Waals surface area contributed by atoms with Crippen LogP contribution in [0.5, 0.6) is 0 Å². The van der Waals surface area contributed by atoms with Gasteiger partial charge in [0.25, 0.3) is 0 Å². The van der Waals surface area contributed by atoms with Gasteiger partial charge in [0.15, 0.2) is 0 Å². The number of carbonyl (C=O) groups is 2. The van der Waals surface area contributed by atoms with Gasteiger partial charge in [-0.15, -0.1) is 0 Å². The lowest BCUT2D eigenvalue weighted by Gasteiger charge is -2.30. The number of amides is 3. The minimum absolute atomic E-state index is 0.0133. The van der Waals surface area contributed by atoms with E-state index in [4.69, 9.17) is 0 Å². The van der Waals surface area contributed by atoms with Crippen LogP contribution in [0.2, 0.25) is 0 Å². The van der Waals surface area contributed by atoms with Gasteiger partial charge in [-0.1, -0.05) is 18.2 Å². The summed E-state index contributed by atoms with van der Waals surface area (Å²) < 4.78 is 0. The fourth-order valence-corrected chi connectivity index (χ4v) is 2.80. The SMILES string of the molecule is Cc1ccc(NC(=O)Nc2ccccc2N2CCNC(=O)C2)cc1C. The topological polar surface area (TPSA) is 73.5 Å². The van der Waals surface area contributed by atoms with Crippen LogP contribution < -0.4 is 20.9 Å². The molecule has 0 radical (unpaired) electrons. The number of carbonyl (C=O) groups excluding carboxylic acids is 2. The predicted molar refractivity (Wildman–Crippen MR) is 100 cm³/mol. The monoisotopic (exact) mass is 338 g/mol. The molecule has 3 rings (SSSR count). The van der Waals surface area contributed by atoms with Crippen molar-refractivity contribution in [3.63, 3.8) is 0 Å². The largest absolute Gasteiger partial charge is 0.359 e. The molecule has 1 saturated heterocycles. The van der Waals surface area contributed by atoms with Crippen LogP contribution in [0.15, 0.2) is 42.5 Å².